The van der Waals surface area contributed by atoms with Gasteiger partial charge in [0.15, 0.2) is 0 Å². The molecule has 1 aromatic carbocycles. The average Bonchev–Trinajstić information content (AvgIpc) is 3.10. The molecule has 0 radical (unpaired) electrons. The summed E-state index contributed by atoms with van der Waals surface area (Å²) in [7, 11) is 1.63. The average molecular weight is 219 g/mol. The summed E-state index contributed by atoms with van der Waals surface area (Å²) in [5.41, 5.74) is 1.27. The van der Waals surface area contributed by atoms with E-state index < -0.39 is 0 Å². The Kier molecular flexibility index (Phi) is 3.57. The van der Waals surface area contributed by atoms with Crippen LogP contribution in [0.15, 0.2) is 30.3 Å². The van der Waals surface area contributed by atoms with Gasteiger partial charge >= 0.3 is 0 Å². The minimum Gasteiger partial charge on any atom is -0.383 e. The van der Waals surface area contributed by atoms with Gasteiger partial charge < -0.3 is 10.1 Å². The highest BCUT2D eigenvalue weighted by Crippen LogP contribution is 2.47. The maximum absolute atomic E-state index is 11.7. The van der Waals surface area contributed by atoms with Gasteiger partial charge in [0.1, 0.15) is 0 Å². The normalized spacial score (nSPS) is 22.8. The number of hydrogen-bond donors (Lipinski definition) is 1. The van der Waals surface area contributed by atoms with Gasteiger partial charge in [0, 0.05) is 19.6 Å². The van der Waals surface area contributed by atoms with Gasteiger partial charge in [-0.05, 0) is 17.9 Å². The highest BCUT2D eigenvalue weighted by molar-refractivity contribution is 5.82. The van der Waals surface area contributed by atoms with Gasteiger partial charge in [-0.15, -0.1) is 0 Å². The van der Waals surface area contributed by atoms with Crippen molar-refractivity contribution in [2.45, 2.75) is 12.3 Å². The Morgan fingerprint density at radius 1 is 1.44 bits per heavy atom. The zero-order valence-corrected chi connectivity index (χ0v) is 9.48. The van der Waals surface area contributed by atoms with E-state index in [9.17, 15) is 4.79 Å². The van der Waals surface area contributed by atoms with Crippen LogP contribution in [-0.4, -0.2) is 26.2 Å². The number of rotatable bonds is 5. The lowest BCUT2D eigenvalue weighted by Crippen LogP contribution is -2.28. The van der Waals surface area contributed by atoms with Crippen LogP contribution in [0.2, 0.25) is 0 Å². The number of carbonyl (C=O) groups is 1. The van der Waals surface area contributed by atoms with Gasteiger partial charge in [-0.3, -0.25) is 4.79 Å². The van der Waals surface area contributed by atoms with E-state index in [0.29, 0.717) is 19.1 Å². The van der Waals surface area contributed by atoms with Crippen molar-refractivity contribution in [2.75, 3.05) is 20.3 Å². The second kappa shape index (κ2) is 5.12. The maximum atomic E-state index is 11.7. The lowest BCUT2D eigenvalue weighted by atomic mass is 10.1. The topological polar surface area (TPSA) is 38.3 Å². The zero-order chi connectivity index (χ0) is 11.4. The van der Waals surface area contributed by atoms with Crippen molar-refractivity contribution in [1.82, 2.24) is 5.32 Å². The van der Waals surface area contributed by atoms with E-state index in [0.717, 1.165) is 6.42 Å². The molecule has 1 aliphatic carbocycles. The van der Waals surface area contributed by atoms with Crippen LogP contribution < -0.4 is 5.32 Å². The van der Waals surface area contributed by atoms with E-state index in [1.54, 1.807) is 7.11 Å². The second-order valence-corrected chi connectivity index (χ2v) is 4.14. The predicted octanol–water partition coefficient (Wildman–Crippen LogP) is 1.55. The van der Waals surface area contributed by atoms with E-state index in [1.807, 2.05) is 18.2 Å². The van der Waals surface area contributed by atoms with Gasteiger partial charge in [0.05, 0.1) is 6.61 Å². The van der Waals surface area contributed by atoms with Crippen molar-refractivity contribution in [3.8, 4) is 0 Å². The van der Waals surface area contributed by atoms with Crippen molar-refractivity contribution in [3.05, 3.63) is 35.9 Å². The van der Waals surface area contributed by atoms with Crippen LogP contribution in [0.1, 0.15) is 17.9 Å². The van der Waals surface area contributed by atoms with Gasteiger partial charge in [0.2, 0.25) is 5.91 Å². The number of ether oxygens (including phenoxy) is 1. The van der Waals surface area contributed by atoms with Crippen LogP contribution in [0.5, 0.6) is 0 Å². The molecule has 1 amide bonds. The van der Waals surface area contributed by atoms with Crippen LogP contribution in [0, 0.1) is 5.92 Å². The molecule has 1 N–H and O–H groups in total. The molecule has 0 aromatic heterocycles. The van der Waals surface area contributed by atoms with Crippen LogP contribution >= 0.6 is 0 Å². The molecule has 3 heteroatoms. The summed E-state index contributed by atoms with van der Waals surface area (Å²) in [6.07, 6.45) is 0.975. The molecule has 0 saturated heterocycles. The second-order valence-electron chi connectivity index (χ2n) is 4.14. The van der Waals surface area contributed by atoms with Crippen LogP contribution in [-0.2, 0) is 9.53 Å². The van der Waals surface area contributed by atoms with Gasteiger partial charge in [-0.1, -0.05) is 30.3 Å². The molecule has 2 rings (SSSR count). The van der Waals surface area contributed by atoms with Gasteiger partial charge in [-0.2, -0.15) is 0 Å². The number of nitrogens with one attached hydrogen (secondary N) is 1. The molecule has 1 fully saturated rings. The Balaban J connectivity index is 1.80. The van der Waals surface area contributed by atoms with Crippen molar-refractivity contribution in [1.29, 1.82) is 0 Å². The summed E-state index contributed by atoms with van der Waals surface area (Å²) in [5.74, 6) is 0.744. The van der Waals surface area contributed by atoms with Crippen LogP contribution in [0.4, 0.5) is 0 Å². The van der Waals surface area contributed by atoms with Crippen molar-refractivity contribution < 1.29 is 9.53 Å². The quantitative estimate of drug-likeness (QED) is 0.763. The van der Waals surface area contributed by atoms with E-state index in [2.05, 4.69) is 17.4 Å². The smallest absolute Gasteiger partial charge is 0.223 e. The molecule has 1 aromatic rings. The van der Waals surface area contributed by atoms with E-state index in [-0.39, 0.29) is 11.8 Å². The summed E-state index contributed by atoms with van der Waals surface area (Å²) in [6.45, 7) is 1.18. The van der Waals surface area contributed by atoms with E-state index in [4.69, 9.17) is 4.74 Å². The van der Waals surface area contributed by atoms with E-state index in [1.165, 1.54) is 5.56 Å². The number of benzene rings is 1. The summed E-state index contributed by atoms with van der Waals surface area (Å²) in [6, 6.07) is 10.2. The molecule has 0 unspecified atom stereocenters. The lowest BCUT2D eigenvalue weighted by Gasteiger charge is -2.03. The fourth-order valence-corrected chi connectivity index (χ4v) is 1.96. The molecule has 0 heterocycles. The molecular formula is C13H17NO2. The minimum atomic E-state index is 0.158. The molecule has 1 aliphatic rings. The third kappa shape index (κ3) is 2.61. The first-order valence-electron chi connectivity index (χ1n) is 5.64. The number of carbonyl (C=O) groups excluding carboxylic acids is 1. The maximum Gasteiger partial charge on any atom is 0.223 e. The number of amides is 1. The Labute approximate surface area is 95.8 Å². The van der Waals surface area contributed by atoms with E-state index >= 15 is 0 Å². The van der Waals surface area contributed by atoms with Crippen molar-refractivity contribution in [2.24, 2.45) is 5.92 Å². The number of methoxy groups -OCH3 is 1. The van der Waals surface area contributed by atoms with Crippen molar-refractivity contribution >= 4 is 5.91 Å². The summed E-state index contributed by atoms with van der Waals surface area (Å²) in [5, 5.41) is 2.88. The van der Waals surface area contributed by atoms with Crippen LogP contribution in [0.3, 0.4) is 0 Å². The SMILES string of the molecule is COCCNC(=O)[C@H]1C[C@H]1c1ccccc1. The monoisotopic (exact) mass is 219 g/mol. The molecule has 86 valence electrons. The summed E-state index contributed by atoms with van der Waals surface area (Å²) < 4.78 is 4.89. The van der Waals surface area contributed by atoms with Crippen LogP contribution in [0.25, 0.3) is 0 Å². The molecule has 3 nitrogen and oxygen atoms in total. The van der Waals surface area contributed by atoms with Gasteiger partial charge in [-0.25, -0.2) is 0 Å². The standard InChI is InChI=1S/C13H17NO2/c1-16-8-7-14-13(15)12-9-11(12)10-5-3-2-4-6-10/h2-6,11-12H,7-9H2,1H3,(H,14,15)/t11-,12-/m0/s1. The third-order valence-electron chi connectivity index (χ3n) is 2.96. The fourth-order valence-electron chi connectivity index (χ4n) is 1.96. The highest BCUT2D eigenvalue weighted by atomic mass is 16.5. The highest BCUT2D eigenvalue weighted by Gasteiger charge is 2.43. The molecule has 0 spiro atoms. The Hall–Kier alpha value is -1.35. The molecule has 0 bridgehead atoms. The fraction of sp³-hybridized carbons (Fsp3) is 0.462. The molecular weight excluding hydrogens is 202 g/mol. The molecule has 16 heavy (non-hydrogen) atoms. The van der Waals surface area contributed by atoms with Crippen molar-refractivity contribution in [3.63, 3.8) is 0 Å². The third-order valence-corrected chi connectivity index (χ3v) is 2.96. The largest absolute Gasteiger partial charge is 0.383 e. The summed E-state index contributed by atoms with van der Waals surface area (Å²) >= 11 is 0. The Bertz CT molecular complexity index is 350. The molecule has 0 aliphatic heterocycles. The first kappa shape index (κ1) is 11.1. The Morgan fingerprint density at radius 3 is 2.88 bits per heavy atom. The molecule has 2 atom stereocenters. The Morgan fingerprint density at radius 2 is 2.19 bits per heavy atom. The van der Waals surface area contributed by atoms with Gasteiger partial charge in [0.25, 0.3) is 0 Å². The molecule has 1 saturated carbocycles. The first-order valence-corrected chi connectivity index (χ1v) is 5.64. The first-order chi connectivity index (χ1) is 7.83. The lowest BCUT2D eigenvalue weighted by molar-refractivity contribution is -0.122. The summed E-state index contributed by atoms with van der Waals surface area (Å²) in [4.78, 5) is 11.7. The minimum absolute atomic E-state index is 0.158. The predicted molar refractivity (Wildman–Crippen MR) is 62.2 cm³/mol. The number of hydrogen-bond acceptors (Lipinski definition) is 2. The zero-order valence-electron chi connectivity index (χ0n) is 9.48.